The number of ether oxygens (including phenoxy) is 2. The summed E-state index contributed by atoms with van der Waals surface area (Å²) in [7, 11) is 0. The number of nitrogens with zero attached hydrogens (tertiary/aromatic N) is 2. The SMILES string of the molecule is Cc1ccc(C(=O)N2C[C@@H]3COC[C@]3(COc3cccnc3)C2)cc1.O=C(O)C(F)(F)F. The number of likely N-dealkylation sites (tertiary alicyclic amines) is 1. The van der Waals surface area contributed by atoms with Crippen molar-refractivity contribution in [2.24, 2.45) is 11.3 Å². The number of pyridine rings is 1. The molecule has 2 fully saturated rings. The first-order valence-corrected chi connectivity index (χ1v) is 9.87. The van der Waals surface area contributed by atoms with E-state index in [4.69, 9.17) is 19.4 Å². The van der Waals surface area contributed by atoms with Gasteiger partial charge >= 0.3 is 12.1 Å². The van der Waals surface area contributed by atoms with Crippen LogP contribution >= 0.6 is 0 Å². The second kappa shape index (κ2) is 9.56. The maximum atomic E-state index is 12.8. The number of carboxylic acids is 1. The lowest BCUT2D eigenvalue weighted by Gasteiger charge is -2.27. The molecule has 0 spiro atoms. The van der Waals surface area contributed by atoms with Crippen molar-refractivity contribution < 1.29 is 37.3 Å². The van der Waals surface area contributed by atoms with Gasteiger partial charge in [0.25, 0.3) is 5.91 Å². The average molecular weight is 452 g/mol. The summed E-state index contributed by atoms with van der Waals surface area (Å²) in [5.41, 5.74) is 1.77. The number of aryl methyl sites for hydroxylation is 1. The topological polar surface area (TPSA) is 89.0 Å². The van der Waals surface area contributed by atoms with Crippen LogP contribution in [0.1, 0.15) is 15.9 Å². The van der Waals surface area contributed by atoms with Crippen LogP contribution in [-0.4, -0.2) is 66.0 Å². The molecule has 4 rings (SSSR count). The third kappa shape index (κ3) is 5.56. The summed E-state index contributed by atoms with van der Waals surface area (Å²) in [5, 5.41) is 7.12. The highest BCUT2D eigenvalue weighted by molar-refractivity contribution is 5.94. The molecule has 2 aromatic rings. The molecule has 0 bridgehead atoms. The summed E-state index contributed by atoms with van der Waals surface area (Å²) in [6.07, 6.45) is -1.64. The minimum atomic E-state index is -5.08. The van der Waals surface area contributed by atoms with Gasteiger partial charge in [0.15, 0.2) is 0 Å². The van der Waals surface area contributed by atoms with E-state index < -0.39 is 12.1 Å². The Morgan fingerprint density at radius 2 is 1.97 bits per heavy atom. The van der Waals surface area contributed by atoms with E-state index in [9.17, 15) is 18.0 Å². The van der Waals surface area contributed by atoms with Crippen LogP contribution in [0.5, 0.6) is 5.75 Å². The number of fused-ring (bicyclic) bond motifs is 1. The van der Waals surface area contributed by atoms with Crippen molar-refractivity contribution >= 4 is 11.9 Å². The first-order valence-electron chi connectivity index (χ1n) is 9.87. The molecule has 172 valence electrons. The zero-order valence-electron chi connectivity index (χ0n) is 17.3. The Bertz CT molecular complexity index is 937. The molecule has 0 aliphatic carbocycles. The molecule has 0 saturated carbocycles. The number of aliphatic carboxylic acids is 1. The Hall–Kier alpha value is -3.14. The molecule has 10 heteroatoms. The van der Waals surface area contributed by atoms with E-state index in [2.05, 4.69) is 4.98 Å². The highest BCUT2D eigenvalue weighted by Crippen LogP contribution is 2.42. The van der Waals surface area contributed by atoms with Crippen molar-refractivity contribution in [3.63, 3.8) is 0 Å². The summed E-state index contributed by atoms with van der Waals surface area (Å²) in [6, 6.07) is 11.5. The number of carbonyl (C=O) groups excluding carboxylic acids is 1. The maximum Gasteiger partial charge on any atom is 0.490 e. The van der Waals surface area contributed by atoms with Crippen LogP contribution in [0.4, 0.5) is 13.2 Å². The summed E-state index contributed by atoms with van der Waals surface area (Å²) in [5.74, 6) is -1.59. The van der Waals surface area contributed by atoms with Crippen molar-refractivity contribution in [3.05, 3.63) is 59.9 Å². The Labute approximate surface area is 182 Å². The van der Waals surface area contributed by atoms with E-state index in [0.717, 1.165) is 23.4 Å². The Morgan fingerprint density at radius 1 is 1.28 bits per heavy atom. The van der Waals surface area contributed by atoms with Gasteiger partial charge in [0.05, 0.1) is 31.4 Å². The first kappa shape index (κ1) is 23.5. The highest BCUT2D eigenvalue weighted by atomic mass is 19.4. The predicted octanol–water partition coefficient (Wildman–Crippen LogP) is 3.19. The normalized spacial score (nSPS) is 22.0. The first-order chi connectivity index (χ1) is 15.1. The molecule has 3 heterocycles. The summed E-state index contributed by atoms with van der Waals surface area (Å²) in [4.78, 5) is 27.8. The molecular formula is C22H23F3N2O5. The van der Waals surface area contributed by atoms with E-state index in [0.29, 0.717) is 32.3 Å². The molecule has 2 aliphatic rings. The fraction of sp³-hybridized carbons (Fsp3) is 0.409. The van der Waals surface area contributed by atoms with Crippen LogP contribution in [-0.2, 0) is 9.53 Å². The lowest BCUT2D eigenvalue weighted by molar-refractivity contribution is -0.192. The summed E-state index contributed by atoms with van der Waals surface area (Å²) < 4.78 is 43.4. The summed E-state index contributed by atoms with van der Waals surface area (Å²) >= 11 is 0. The van der Waals surface area contributed by atoms with E-state index >= 15 is 0 Å². The van der Waals surface area contributed by atoms with Gasteiger partial charge in [0.2, 0.25) is 0 Å². The van der Waals surface area contributed by atoms with Gasteiger partial charge in [-0.15, -0.1) is 0 Å². The average Bonchev–Trinajstić information content (AvgIpc) is 3.30. The van der Waals surface area contributed by atoms with Crippen LogP contribution in [0.15, 0.2) is 48.8 Å². The second-order valence-corrected chi connectivity index (χ2v) is 7.91. The lowest BCUT2D eigenvalue weighted by atomic mass is 9.82. The van der Waals surface area contributed by atoms with Gasteiger partial charge < -0.3 is 19.5 Å². The van der Waals surface area contributed by atoms with E-state index in [1.54, 1.807) is 12.4 Å². The molecule has 0 radical (unpaired) electrons. The van der Waals surface area contributed by atoms with Gasteiger partial charge in [0.1, 0.15) is 5.75 Å². The number of carbonyl (C=O) groups is 2. The molecule has 32 heavy (non-hydrogen) atoms. The van der Waals surface area contributed by atoms with E-state index in [-0.39, 0.29) is 11.3 Å². The van der Waals surface area contributed by atoms with Crippen molar-refractivity contribution in [2.75, 3.05) is 32.9 Å². The fourth-order valence-electron chi connectivity index (χ4n) is 3.73. The maximum absolute atomic E-state index is 12.8. The number of aromatic nitrogens is 1. The predicted molar refractivity (Wildman–Crippen MR) is 107 cm³/mol. The number of carboxylic acid groups (broad SMARTS) is 1. The van der Waals surface area contributed by atoms with E-state index in [1.807, 2.05) is 48.2 Å². The number of amides is 1. The number of hydrogen-bond donors (Lipinski definition) is 1. The quantitative estimate of drug-likeness (QED) is 0.767. The molecule has 0 unspecified atom stereocenters. The number of halogens is 3. The molecule has 7 nitrogen and oxygen atoms in total. The number of hydrogen-bond acceptors (Lipinski definition) is 5. The largest absolute Gasteiger partial charge is 0.491 e. The molecule has 2 aliphatic heterocycles. The van der Waals surface area contributed by atoms with Crippen LogP contribution in [0.3, 0.4) is 0 Å². The summed E-state index contributed by atoms with van der Waals surface area (Å²) in [6.45, 7) is 5.29. The fourth-order valence-corrected chi connectivity index (χ4v) is 3.73. The highest BCUT2D eigenvalue weighted by Gasteiger charge is 2.52. The minimum Gasteiger partial charge on any atom is -0.491 e. The zero-order valence-corrected chi connectivity index (χ0v) is 17.3. The van der Waals surface area contributed by atoms with Crippen LogP contribution < -0.4 is 4.74 Å². The Kier molecular flexibility index (Phi) is 7.02. The second-order valence-electron chi connectivity index (χ2n) is 7.91. The number of benzene rings is 1. The standard InChI is InChI=1S/C20H22N2O3.C2HF3O2/c1-15-4-6-16(7-5-15)19(23)22-10-17-11-24-13-20(17,12-22)14-25-18-3-2-8-21-9-18;3-2(4,5)1(6)7/h2-9,17H,10-14H2,1H3;(H,6,7)/t17-,20+;/m1./s1. The third-order valence-electron chi connectivity index (χ3n) is 5.51. The zero-order chi connectivity index (χ0) is 23.4. The van der Waals surface area contributed by atoms with Crippen molar-refractivity contribution in [1.29, 1.82) is 0 Å². The van der Waals surface area contributed by atoms with Crippen molar-refractivity contribution in [3.8, 4) is 5.75 Å². The van der Waals surface area contributed by atoms with Gasteiger partial charge in [-0.05, 0) is 31.2 Å². The van der Waals surface area contributed by atoms with Gasteiger partial charge in [-0.25, -0.2) is 4.79 Å². The smallest absolute Gasteiger partial charge is 0.490 e. The van der Waals surface area contributed by atoms with Gasteiger partial charge in [-0.1, -0.05) is 17.7 Å². The van der Waals surface area contributed by atoms with Gasteiger partial charge in [-0.3, -0.25) is 9.78 Å². The number of alkyl halides is 3. The van der Waals surface area contributed by atoms with Crippen molar-refractivity contribution in [1.82, 2.24) is 9.88 Å². The monoisotopic (exact) mass is 452 g/mol. The molecule has 1 aromatic carbocycles. The molecule has 2 atom stereocenters. The Morgan fingerprint density at radius 3 is 2.56 bits per heavy atom. The molecule has 2 saturated heterocycles. The van der Waals surface area contributed by atoms with E-state index in [1.165, 1.54) is 0 Å². The van der Waals surface area contributed by atoms with Crippen LogP contribution in [0.2, 0.25) is 0 Å². The third-order valence-corrected chi connectivity index (χ3v) is 5.51. The van der Waals surface area contributed by atoms with Crippen molar-refractivity contribution in [2.45, 2.75) is 13.1 Å². The molecular weight excluding hydrogens is 429 g/mol. The van der Waals surface area contributed by atoms with Gasteiger partial charge in [-0.2, -0.15) is 13.2 Å². The molecule has 1 aromatic heterocycles. The minimum absolute atomic E-state index is 0.0927. The lowest BCUT2D eigenvalue weighted by Crippen LogP contribution is -2.38. The Balaban J connectivity index is 0.000000360. The molecule has 1 amide bonds. The van der Waals surface area contributed by atoms with Crippen LogP contribution in [0.25, 0.3) is 0 Å². The van der Waals surface area contributed by atoms with Crippen LogP contribution in [0, 0.1) is 18.3 Å². The van der Waals surface area contributed by atoms with Gasteiger partial charge in [0, 0.05) is 30.8 Å². The number of rotatable bonds is 4. The molecule has 1 N–H and O–H groups in total.